The molecule has 0 fully saturated rings. The molecule has 20 heavy (non-hydrogen) atoms. The normalized spacial score (nSPS) is 10.8. The van der Waals surface area contributed by atoms with E-state index in [0.717, 1.165) is 22.0 Å². The van der Waals surface area contributed by atoms with E-state index in [-0.39, 0.29) is 5.91 Å². The lowest BCUT2D eigenvalue weighted by Crippen LogP contribution is -2.17. The number of hydrogen-bond donors (Lipinski definition) is 1. The lowest BCUT2D eigenvalue weighted by atomic mass is 10.2. The van der Waals surface area contributed by atoms with Gasteiger partial charge in [0.15, 0.2) is 0 Å². The third kappa shape index (κ3) is 3.42. The summed E-state index contributed by atoms with van der Waals surface area (Å²) in [5.41, 5.74) is 4.07. The molecule has 0 aliphatic carbocycles. The topological polar surface area (TPSA) is 63.6 Å². The van der Waals surface area contributed by atoms with Crippen LogP contribution in [-0.2, 0) is 0 Å². The Morgan fingerprint density at radius 3 is 2.90 bits per heavy atom. The van der Waals surface area contributed by atoms with Crippen molar-refractivity contribution in [1.82, 2.24) is 10.4 Å². The van der Waals surface area contributed by atoms with E-state index in [2.05, 4.69) is 15.5 Å². The van der Waals surface area contributed by atoms with Gasteiger partial charge >= 0.3 is 0 Å². The first-order chi connectivity index (χ1) is 9.60. The highest BCUT2D eigenvalue weighted by Crippen LogP contribution is 2.16. The van der Waals surface area contributed by atoms with Crippen molar-refractivity contribution in [3.63, 3.8) is 0 Å². The van der Waals surface area contributed by atoms with Crippen molar-refractivity contribution >= 4 is 23.5 Å². The van der Waals surface area contributed by atoms with Gasteiger partial charge in [0.1, 0.15) is 10.6 Å². The standard InChI is InChI=1S/C14H15N3O2S/c1-9-13(20-10(2)16-9)14(18)17-15-8-11-5-4-6-12(7-11)19-3/h4-8H,1-3H3,(H,17,18)/b15-8+. The van der Waals surface area contributed by atoms with E-state index in [1.165, 1.54) is 11.3 Å². The fourth-order valence-corrected chi connectivity index (χ4v) is 2.49. The van der Waals surface area contributed by atoms with E-state index in [9.17, 15) is 4.79 Å². The van der Waals surface area contributed by atoms with Crippen LogP contribution in [0.2, 0.25) is 0 Å². The summed E-state index contributed by atoms with van der Waals surface area (Å²) in [7, 11) is 1.60. The molecular formula is C14H15N3O2S. The molecule has 0 bridgehead atoms. The number of hydrazone groups is 1. The van der Waals surface area contributed by atoms with Crippen molar-refractivity contribution < 1.29 is 9.53 Å². The lowest BCUT2D eigenvalue weighted by Gasteiger charge is -2.00. The lowest BCUT2D eigenvalue weighted by molar-refractivity contribution is 0.0958. The van der Waals surface area contributed by atoms with Crippen LogP contribution in [0.4, 0.5) is 0 Å². The van der Waals surface area contributed by atoms with Crippen LogP contribution in [0.15, 0.2) is 29.4 Å². The molecule has 0 radical (unpaired) electrons. The predicted molar refractivity (Wildman–Crippen MR) is 79.6 cm³/mol. The number of methoxy groups -OCH3 is 1. The van der Waals surface area contributed by atoms with Gasteiger partial charge in [0.2, 0.25) is 0 Å². The molecule has 5 nitrogen and oxygen atoms in total. The molecule has 1 aromatic heterocycles. The molecule has 0 saturated carbocycles. The third-order valence-corrected chi connectivity index (χ3v) is 3.65. The second-order valence-corrected chi connectivity index (χ2v) is 5.33. The highest BCUT2D eigenvalue weighted by atomic mass is 32.1. The maximum Gasteiger partial charge on any atom is 0.283 e. The Balaban J connectivity index is 2.02. The maximum absolute atomic E-state index is 11.9. The van der Waals surface area contributed by atoms with Crippen LogP contribution in [0.3, 0.4) is 0 Å². The minimum absolute atomic E-state index is 0.243. The summed E-state index contributed by atoms with van der Waals surface area (Å²) in [5, 5.41) is 4.81. The molecule has 0 atom stereocenters. The first-order valence-corrected chi connectivity index (χ1v) is 6.83. The Morgan fingerprint density at radius 2 is 2.25 bits per heavy atom. The van der Waals surface area contributed by atoms with Crippen LogP contribution in [0.25, 0.3) is 0 Å². The number of nitrogens with zero attached hydrogens (tertiary/aromatic N) is 2. The van der Waals surface area contributed by atoms with Gasteiger partial charge in [-0.25, -0.2) is 10.4 Å². The predicted octanol–water partition coefficient (Wildman–Crippen LogP) is 2.53. The van der Waals surface area contributed by atoms with Crippen LogP contribution >= 0.6 is 11.3 Å². The highest BCUT2D eigenvalue weighted by Gasteiger charge is 2.12. The molecule has 0 saturated heterocycles. The van der Waals surface area contributed by atoms with Gasteiger partial charge in [-0.05, 0) is 31.5 Å². The van der Waals surface area contributed by atoms with Crippen LogP contribution in [0, 0.1) is 13.8 Å². The molecular weight excluding hydrogens is 274 g/mol. The van der Waals surface area contributed by atoms with Gasteiger partial charge < -0.3 is 4.74 Å². The number of rotatable bonds is 4. The average molecular weight is 289 g/mol. The van der Waals surface area contributed by atoms with Crippen molar-refractivity contribution in [3.8, 4) is 5.75 Å². The zero-order valence-corrected chi connectivity index (χ0v) is 12.3. The van der Waals surface area contributed by atoms with Crippen LogP contribution in [0.1, 0.15) is 25.9 Å². The number of aromatic nitrogens is 1. The smallest absolute Gasteiger partial charge is 0.283 e. The monoisotopic (exact) mass is 289 g/mol. The first kappa shape index (κ1) is 14.2. The summed E-state index contributed by atoms with van der Waals surface area (Å²) in [6, 6.07) is 7.41. The highest BCUT2D eigenvalue weighted by molar-refractivity contribution is 7.13. The SMILES string of the molecule is COc1cccc(/C=N/NC(=O)c2sc(C)nc2C)c1. The van der Waals surface area contributed by atoms with E-state index in [0.29, 0.717) is 4.88 Å². The minimum Gasteiger partial charge on any atom is -0.497 e. The second kappa shape index (κ2) is 6.29. The largest absolute Gasteiger partial charge is 0.497 e. The Morgan fingerprint density at radius 1 is 1.45 bits per heavy atom. The third-order valence-electron chi connectivity index (χ3n) is 2.58. The van der Waals surface area contributed by atoms with E-state index in [1.54, 1.807) is 13.3 Å². The number of amides is 1. The number of thiazole rings is 1. The molecule has 2 aromatic rings. The van der Waals surface area contributed by atoms with Gasteiger partial charge in [-0.15, -0.1) is 11.3 Å². The van der Waals surface area contributed by atoms with Gasteiger partial charge in [0, 0.05) is 0 Å². The van der Waals surface area contributed by atoms with Crippen LogP contribution in [0.5, 0.6) is 5.75 Å². The molecule has 1 N–H and O–H groups in total. The zero-order valence-electron chi connectivity index (χ0n) is 11.5. The van der Waals surface area contributed by atoms with Gasteiger partial charge in [0.05, 0.1) is 24.0 Å². The quantitative estimate of drug-likeness (QED) is 0.695. The summed E-state index contributed by atoms with van der Waals surface area (Å²) in [4.78, 5) is 16.7. The van der Waals surface area contributed by atoms with Crippen molar-refractivity contribution in [1.29, 1.82) is 0 Å². The van der Waals surface area contributed by atoms with Crippen molar-refractivity contribution in [3.05, 3.63) is 45.4 Å². The molecule has 6 heteroatoms. The molecule has 0 spiro atoms. The van der Waals surface area contributed by atoms with E-state index in [4.69, 9.17) is 4.74 Å². The minimum atomic E-state index is -0.243. The zero-order chi connectivity index (χ0) is 14.5. The number of aryl methyl sites for hydroxylation is 2. The number of nitrogens with one attached hydrogen (secondary N) is 1. The Hall–Kier alpha value is -2.21. The summed E-state index contributed by atoms with van der Waals surface area (Å²) >= 11 is 1.36. The summed E-state index contributed by atoms with van der Waals surface area (Å²) in [6.07, 6.45) is 1.57. The number of benzene rings is 1. The first-order valence-electron chi connectivity index (χ1n) is 6.01. The van der Waals surface area contributed by atoms with Gasteiger partial charge in [-0.2, -0.15) is 5.10 Å². The molecule has 0 unspecified atom stereocenters. The van der Waals surface area contributed by atoms with Crippen LogP contribution < -0.4 is 10.2 Å². The fourth-order valence-electron chi connectivity index (χ4n) is 1.68. The van der Waals surface area contributed by atoms with Crippen LogP contribution in [-0.4, -0.2) is 24.2 Å². The summed E-state index contributed by atoms with van der Waals surface area (Å²) in [5.74, 6) is 0.501. The summed E-state index contributed by atoms with van der Waals surface area (Å²) < 4.78 is 5.11. The molecule has 0 aliphatic heterocycles. The average Bonchev–Trinajstić information content (AvgIpc) is 2.78. The van der Waals surface area contributed by atoms with Gasteiger partial charge in [0.25, 0.3) is 5.91 Å². The van der Waals surface area contributed by atoms with Gasteiger partial charge in [-0.1, -0.05) is 12.1 Å². The Labute approximate surface area is 121 Å². The molecule has 1 heterocycles. The molecule has 0 aliphatic rings. The number of hydrogen-bond acceptors (Lipinski definition) is 5. The molecule has 2 rings (SSSR count). The second-order valence-electron chi connectivity index (χ2n) is 4.12. The maximum atomic E-state index is 11.9. The molecule has 104 valence electrons. The van der Waals surface area contributed by atoms with E-state index >= 15 is 0 Å². The van der Waals surface area contributed by atoms with E-state index < -0.39 is 0 Å². The van der Waals surface area contributed by atoms with E-state index in [1.807, 2.05) is 38.1 Å². The number of carbonyl (C=O) groups is 1. The molecule has 1 amide bonds. The number of carbonyl (C=O) groups excluding carboxylic acids is 1. The summed E-state index contributed by atoms with van der Waals surface area (Å²) in [6.45, 7) is 3.68. The number of ether oxygens (including phenoxy) is 1. The van der Waals surface area contributed by atoms with Crippen molar-refractivity contribution in [2.24, 2.45) is 5.10 Å². The Kier molecular flexibility index (Phi) is 4.47. The fraction of sp³-hybridized carbons (Fsp3) is 0.214. The van der Waals surface area contributed by atoms with Gasteiger partial charge in [-0.3, -0.25) is 4.79 Å². The Bertz CT molecular complexity index is 650. The molecule has 1 aromatic carbocycles. The van der Waals surface area contributed by atoms with Crippen molar-refractivity contribution in [2.75, 3.05) is 7.11 Å². The van der Waals surface area contributed by atoms with Crippen molar-refractivity contribution in [2.45, 2.75) is 13.8 Å².